The Morgan fingerprint density at radius 3 is 2.56 bits per heavy atom. The largest absolute Gasteiger partial charge is 0.496 e. The fraction of sp³-hybridized carbons (Fsp3) is 0.300. The third-order valence-corrected chi connectivity index (χ3v) is 5.10. The van der Waals surface area contributed by atoms with Crippen LogP contribution in [0.2, 0.25) is 0 Å². The van der Waals surface area contributed by atoms with E-state index in [1.54, 1.807) is 16.9 Å². The fourth-order valence-corrected chi connectivity index (χ4v) is 3.60. The topological polar surface area (TPSA) is 70.1 Å². The van der Waals surface area contributed by atoms with Gasteiger partial charge in [-0.15, -0.1) is 0 Å². The molecule has 0 aromatic heterocycles. The summed E-state index contributed by atoms with van der Waals surface area (Å²) in [4.78, 5) is 27.7. The maximum absolute atomic E-state index is 13.1. The van der Waals surface area contributed by atoms with Gasteiger partial charge in [-0.3, -0.25) is 9.69 Å². The van der Waals surface area contributed by atoms with E-state index in [0.29, 0.717) is 25.4 Å². The highest BCUT2D eigenvalue weighted by atomic mass is 79.9. The molecule has 0 radical (unpaired) electrons. The molecule has 2 aromatic rings. The van der Waals surface area contributed by atoms with Crippen LogP contribution in [0.3, 0.4) is 0 Å². The van der Waals surface area contributed by atoms with Crippen LogP contribution in [0.4, 0.5) is 10.5 Å². The smallest absolute Gasteiger partial charge is 0.324 e. The van der Waals surface area contributed by atoms with Crippen LogP contribution in [-0.2, 0) is 11.3 Å². The Bertz CT molecular complexity index is 825. The minimum absolute atomic E-state index is 0.0166. The van der Waals surface area contributed by atoms with Crippen LogP contribution in [0.1, 0.15) is 12.0 Å². The quantitative estimate of drug-likeness (QED) is 0.748. The molecule has 1 aliphatic heterocycles. The molecule has 1 unspecified atom stereocenters. The molecular weight excluding hydrogens is 412 g/mol. The molecule has 1 saturated heterocycles. The highest BCUT2D eigenvalue weighted by Gasteiger charge is 2.34. The van der Waals surface area contributed by atoms with Crippen molar-refractivity contribution in [3.05, 3.63) is 58.6 Å². The number of hydrogen-bond acceptors (Lipinski definition) is 3. The van der Waals surface area contributed by atoms with Gasteiger partial charge in [-0.25, -0.2) is 4.79 Å². The van der Waals surface area contributed by atoms with Gasteiger partial charge in [0.25, 0.3) is 0 Å². The molecule has 2 amide bonds. The van der Waals surface area contributed by atoms with E-state index >= 15 is 0 Å². The van der Waals surface area contributed by atoms with Crippen LogP contribution in [-0.4, -0.2) is 42.2 Å². The lowest BCUT2D eigenvalue weighted by molar-refractivity contribution is -0.138. The Balaban J connectivity index is 1.88. The van der Waals surface area contributed by atoms with Crippen molar-refractivity contribution >= 4 is 33.6 Å². The number of benzene rings is 2. The molecule has 2 aromatic carbocycles. The maximum atomic E-state index is 13.1. The number of rotatable bonds is 6. The van der Waals surface area contributed by atoms with Crippen LogP contribution < -0.4 is 9.64 Å². The number of carboxylic acid groups (broad SMARTS) is 1. The van der Waals surface area contributed by atoms with E-state index in [2.05, 4.69) is 15.9 Å². The van der Waals surface area contributed by atoms with Crippen molar-refractivity contribution in [2.75, 3.05) is 25.1 Å². The molecule has 0 spiro atoms. The number of aliphatic carboxylic acids is 1. The number of hydrogen-bond donors (Lipinski definition) is 1. The zero-order valence-electron chi connectivity index (χ0n) is 15.0. The highest BCUT2D eigenvalue weighted by molar-refractivity contribution is 9.10. The van der Waals surface area contributed by atoms with Crippen LogP contribution in [0.25, 0.3) is 0 Å². The number of halogens is 1. The van der Waals surface area contributed by atoms with Crippen LogP contribution in [0, 0.1) is 5.92 Å². The standard InChI is InChI=1S/C20H21BrN2O4/c1-27-18-5-3-2-4-15(18)13-22-11-14(10-19(24)25)12-23(20(22)26)17-8-6-16(21)7-9-17/h2-9,14H,10-13H2,1H3,(H,24,25). The van der Waals surface area contributed by atoms with E-state index in [-0.39, 0.29) is 18.4 Å². The monoisotopic (exact) mass is 432 g/mol. The molecular formula is C20H21BrN2O4. The molecule has 7 heteroatoms. The summed E-state index contributed by atoms with van der Waals surface area (Å²) in [6, 6.07) is 14.8. The Labute approximate surface area is 166 Å². The number of para-hydroxylation sites is 1. The van der Waals surface area contributed by atoms with Gasteiger partial charge in [-0.05, 0) is 30.3 Å². The van der Waals surface area contributed by atoms with Crippen molar-refractivity contribution in [1.29, 1.82) is 0 Å². The molecule has 0 aliphatic carbocycles. The van der Waals surface area contributed by atoms with Crippen molar-refractivity contribution < 1.29 is 19.4 Å². The first kappa shape index (κ1) is 19.2. The maximum Gasteiger partial charge on any atom is 0.324 e. The lowest BCUT2D eigenvalue weighted by Crippen LogP contribution is -2.53. The van der Waals surface area contributed by atoms with Gasteiger partial charge in [-0.2, -0.15) is 0 Å². The Morgan fingerprint density at radius 1 is 1.19 bits per heavy atom. The first-order valence-electron chi connectivity index (χ1n) is 8.63. The van der Waals surface area contributed by atoms with Crippen molar-refractivity contribution in [3.63, 3.8) is 0 Å². The van der Waals surface area contributed by atoms with E-state index in [9.17, 15) is 14.7 Å². The summed E-state index contributed by atoms with van der Waals surface area (Å²) in [5.74, 6) is -0.304. The zero-order chi connectivity index (χ0) is 19.4. The first-order chi connectivity index (χ1) is 13.0. The Hall–Kier alpha value is -2.54. The summed E-state index contributed by atoms with van der Waals surface area (Å²) < 4.78 is 6.31. The van der Waals surface area contributed by atoms with Crippen LogP contribution in [0.15, 0.2) is 53.0 Å². The molecule has 142 valence electrons. The number of carbonyl (C=O) groups is 2. The van der Waals surface area contributed by atoms with E-state index in [1.807, 2.05) is 48.5 Å². The fourth-order valence-electron chi connectivity index (χ4n) is 3.34. The summed E-state index contributed by atoms with van der Waals surface area (Å²) >= 11 is 3.40. The molecule has 1 heterocycles. The van der Waals surface area contributed by atoms with E-state index in [1.165, 1.54) is 0 Å². The third kappa shape index (κ3) is 4.60. The summed E-state index contributed by atoms with van der Waals surface area (Å²) in [6.07, 6.45) is 0.0166. The minimum atomic E-state index is -0.859. The molecule has 6 nitrogen and oxygen atoms in total. The summed E-state index contributed by atoms with van der Waals surface area (Å²) in [7, 11) is 1.60. The molecule has 1 atom stereocenters. The molecule has 1 fully saturated rings. The predicted molar refractivity (Wildman–Crippen MR) is 106 cm³/mol. The van der Waals surface area contributed by atoms with Crippen molar-refractivity contribution in [3.8, 4) is 5.75 Å². The van der Waals surface area contributed by atoms with Crippen LogP contribution in [0.5, 0.6) is 5.75 Å². The van der Waals surface area contributed by atoms with Gasteiger partial charge in [-0.1, -0.05) is 34.1 Å². The molecule has 1 N–H and O–H groups in total. The number of nitrogens with zero attached hydrogens (tertiary/aromatic N) is 2. The summed E-state index contributed by atoms with van der Waals surface area (Å²) in [5.41, 5.74) is 1.64. The van der Waals surface area contributed by atoms with Gasteiger partial charge in [0, 0.05) is 34.7 Å². The number of carboxylic acids is 1. The van der Waals surface area contributed by atoms with Crippen molar-refractivity contribution in [2.45, 2.75) is 13.0 Å². The highest BCUT2D eigenvalue weighted by Crippen LogP contribution is 2.28. The minimum Gasteiger partial charge on any atom is -0.496 e. The predicted octanol–water partition coefficient (Wildman–Crippen LogP) is 3.99. The SMILES string of the molecule is COc1ccccc1CN1CC(CC(=O)O)CN(c2ccc(Br)cc2)C1=O. The van der Waals surface area contributed by atoms with Gasteiger partial charge in [0.2, 0.25) is 0 Å². The number of amides is 2. The second kappa shape index (κ2) is 8.43. The summed E-state index contributed by atoms with van der Waals surface area (Å²) in [5, 5.41) is 9.23. The molecule has 0 saturated carbocycles. The third-order valence-electron chi connectivity index (χ3n) is 4.58. The van der Waals surface area contributed by atoms with Crippen molar-refractivity contribution in [2.24, 2.45) is 5.92 Å². The molecule has 1 aliphatic rings. The lowest BCUT2D eigenvalue weighted by atomic mass is 10.0. The number of carbonyl (C=O) groups excluding carboxylic acids is 1. The van der Waals surface area contributed by atoms with E-state index in [0.717, 1.165) is 15.7 Å². The number of methoxy groups -OCH3 is 1. The molecule has 3 rings (SSSR count). The van der Waals surface area contributed by atoms with E-state index < -0.39 is 5.97 Å². The average molecular weight is 433 g/mol. The Kier molecular flexibility index (Phi) is 6.01. The Morgan fingerprint density at radius 2 is 1.89 bits per heavy atom. The zero-order valence-corrected chi connectivity index (χ0v) is 16.6. The van der Waals surface area contributed by atoms with Crippen molar-refractivity contribution in [1.82, 2.24) is 4.90 Å². The normalized spacial score (nSPS) is 17.1. The lowest BCUT2D eigenvalue weighted by Gasteiger charge is -2.40. The second-order valence-electron chi connectivity index (χ2n) is 6.53. The molecule has 0 bridgehead atoms. The van der Waals surface area contributed by atoms with E-state index in [4.69, 9.17) is 4.74 Å². The summed E-state index contributed by atoms with van der Waals surface area (Å²) in [6.45, 7) is 1.15. The molecule has 27 heavy (non-hydrogen) atoms. The second-order valence-corrected chi connectivity index (χ2v) is 7.44. The number of anilines is 1. The number of ether oxygens (including phenoxy) is 1. The van der Waals surface area contributed by atoms with Gasteiger partial charge in [0.05, 0.1) is 20.1 Å². The van der Waals surface area contributed by atoms with Crippen LogP contribution >= 0.6 is 15.9 Å². The number of urea groups is 1. The van der Waals surface area contributed by atoms with Gasteiger partial charge in [0.15, 0.2) is 0 Å². The average Bonchev–Trinajstić information content (AvgIpc) is 2.65. The van der Waals surface area contributed by atoms with Gasteiger partial charge in [0.1, 0.15) is 5.75 Å². The van der Waals surface area contributed by atoms with Gasteiger partial charge >= 0.3 is 12.0 Å². The van der Waals surface area contributed by atoms with Gasteiger partial charge < -0.3 is 14.7 Å². The first-order valence-corrected chi connectivity index (χ1v) is 9.43.